The molecule has 2 heterocycles. The van der Waals surface area contributed by atoms with Gasteiger partial charge in [0.25, 0.3) is 0 Å². The van der Waals surface area contributed by atoms with Crippen LogP contribution in [0.2, 0.25) is 0 Å². The van der Waals surface area contributed by atoms with Gasteiger partial charge in [0.15, 0.2) is 0 Å². The van der Waals surface area contributed by atoms with Crippen molar-refractivity contribution < 1.29 is 9.18 Å². The van der Waals surface area contributed by atoms with Crippen LogP contribution in [-0.2, 0) is 30.8 Å². The number of benzene rings is 1. The highest BCUT2D eigenvalue weighted by atomic mass is 19.1. The Kier molecular flexibility index (Phi) is 4.04. The molecule has 0 unspecified atom stereocenters. The third kappa shape index (κ3) is 3.08. The molecule has 22 heavy (non-hydrogen) atoms. The molecule has 1 amide bonds. The fourth-order valence-electron chi connectivity index (χ4n) is 2.55. The van der Waals surface area contributed by atoms with Gasteiger partial charge in [0.2, 0.25) is 5.91 Å². The van der Waals surface area contributed by atoms with E-state index in [1.807, 2.05) is 0 Å². The number of amides is 1. The van der Waals surface area contributed by atoms with E-state index in [9.17, 15) is 14.0 Å². The Morgan fingerprint density at radius 2 is 2.05 bits per heavy atom. The molecule has 1 N–H and O–H groups in total. The summed E-state index contributed by atoms with van der Waals surface area (Å²) in [5.41, 5.74) is 0.567. The van der Waals surface area contributed by atoms with Gasteiger partial charge < -0.3 is 5.32 Å². The third-order valence-electron chi connectivity index (χ3n) is 3.73. The molecule has 1 aromatic carbocycles. The molecule has 116 valence electrons. The number of hydrogen-bond donors (Lipinski definition) is 1. The molecule has 0 radical (unpaired) electrons. The molecule has 0 atom stereocenters. The highest BCUT2D eigenvalue weighted by Gasteiger charge is 2.17. The average Bonchev–Trinajstić information content (AvgIpc) is 2.83. The summed E-state index contributed by atoms with van der Waals surface area (Å²) in [7, 11) is 0. The monoisotopic (exact) mass is 304 g/mol. The molecule has 3 rings (SSSR count). The van der Waals surface area contributed by atoms with Gasteiger partial charge in [-0.3, -0.25) is 9.36 Å². The predicted octanol–water partition coefficient (Wildman–Crippen LogP) is 0.837. The van der Waals surface area contributed by atoms with Crippen molar-refractivity contribution in [1.29, 1.82) is 0 Å². The van der Waals surface area contributed by atoms with Crippen LogP contribution in [0.4, 0.5) is 4.39 Å². The first-order valence-corrected chi connectivity index (χ1v) is 7.31. The molecule has 1 aromatic heterocycles. The molecule has 0 saturated carbocycles. The second kappa shape index (κ2) is 6.13. The number of aryl methyl sites for hydroxylation is 1. The van der Waals surface area contributed by atoms with Gasteiger partial charge >= 0.3 is 5.69 Å². The first-order valence-electron chi connectivity index (χ1n) is 7.31. The maximum atomic E-state index is 12.8. The summed E-state index contributed by atoms with van der Waals surface area (Å²) >= 11 is 0. The van der Waals surface area contributed by atoms with E-state index in [0.29, 0.717) is 13.1 Å². The number of nitrogens with one attached hydrogen (secondary N) is 1. The van der Waals surface area contributed by atoms with E-state index in [4.69, 9.17) is 0 Å². The van der Waals surface area contributed by atoms with E-state index < -0.39 is 0 Å². The number of aromatic nitrogens is 3. The van der Waals surface area contributed by atoms with Crippen molar-refractivity contribution in [1.82, 2.24) is 19.7 Å². The predicted molar refractivity (Wildman–Crippen MR) is 77.7 cm³/mol. The summed E-state index contributed by atoms with van der Waals surface area (Å²) in [6.45, 7) is 0.868. The van der Waals surface area contributed by atoms with Crippen molar-refractivity contribution in [3.8, 4) is 0 Å². The molecule has 7 heteroatoms. The Balaban J connectivity index is 1.61. The maximum Gasteiger partial charge on any atom is 0.346 e. The fraction of sp³-hybridized carbons (Fsp3) is 0.400. The minimum absolute atomic E-state index is 0.0972. The number of carbonyl (C=O) groups excluding carboxylic acids is 1. The third-order valence-corrected chi connectivity index (χ3v) is 3.73. The van der Waals surface area contributed by atoms with Gasteiger partial charge in [0.1, 0.15) is 18.2 Å². The first kappa shape index (κ1) is 14.5. The molecular weight excluding hydrogens is 287 g/mol. The summed E-state index contributed by atoms with van der Waals surface area (Å²) in [5.74, 6) is 0.148. The Morgan fingerprint density at radius 3 is 2.77 bits per heavy atom. The Morgan fingerprint density at radius 1 is 1.27 bits per heavy atom. The quantitative estimate of drug-likeness (QED) is 0.910. The van der Waals surface area contributed by atoms with Crippen LogP contribution in [-0.4, -0.2) is 20.3 Å². The van der Waals surface area contributed by atoms with Crippen LogP contribution in [0.5, 0.6) is 0 Å². The van der Waals surface area contributed by atoms with Gasteiger partial charge in [-0.1, -0.05) is 12.1 Å². The summed E-state index contributed by atoms with van der Waals surface area (Å²) in [6, 6.07) is 5.90. The van der Waals surface area contributed by atoms with Gasteiger partial charge in [0.05, 0.1) is 0 Å². The van der Waals surface area contributed by atoms with Crippen molar-refractivity contribution in [2.24, 2.45) is 0 Å². The smallest absolute Gasteiger partial charge is 0.346 e. The lowest BCUT2D eigenvalue weighted by Gasteiger charge is -2.09. The van der Waals surface area contributed by atoms with Gasteiger partial charge in [-0.25, -0.2) is 13.9 Å². The summed E-state index contributed by atoms with van der Waals surface area (Å²) in [5, 5.41) is 6.92. The zero-order valence-corrected chi connectivity index (χ0v) is 12.1. The van der Waals surface area contributed by atoms with Crippen LogP contribution < -0.4 is 11.0 Å². The van der Waals surface area contributed by atoms with Crippen LogP contribution in [0.1, 0.15) is 24.2 Å². The van der Waals surface area contributed by atoms with Crippen molar-refractivity contribution in [2.45, 2.75) is 38.9 Å². The zero-order valence-electron chi connectivity index (χ0n) is 12.1. The molecule has 1 aliphatic heterocycles. The molecule has 0 fully saturated rings. The van der Waals surface area contributed by atoms with E-state index in [-0.39, 0.29) is 24.0 Å². The average molecular weight is 304 g/mol. The van der Waals surface area contributed by atoms with Crippen LogP contribution in [0.25, 0.3) is 0 Å². The van der Waals surface area contributed by atoms with Gasteiger partial charge in [-0.15, -0.1) is 0 Å². The summed E-state index contributed by atoms with van der Waals surface area (Å²) in [6.07, 6.45) is 2.77. The number of halogens is 1. The molecule has 0 saturated heterocycles. The highest BCUT2D eigenvalue weighted by Crippen LogP contribution is 2.09. The molecule has 2 aromatic rings. The lowest BCUT2D eigenvalue weighted by Crippen LogP contribution is -2.33. The second-order valence-electron chi connectivity index (χ2n) is 5.37. The van der Waals surface area contributed by atoms with Crippen molar-refractivity contribution >= 4 is 5.91 Å². The number of hydrogen-bond acceptors (Lipinski definition) is 3. The SMILES string of the molecule is O=C(Cn1nc2n(c1=O)CCCC2)NCc1ccc(F)cc1. The van der Waals surface area contributed by atoms with Crippen LogP contribution in [0.3, 0.4) is 0 Å². The van der Waals surface area contributed by atoms with Crippen molar-refractivity contribution in [3.05, 3.63) is 52.0 Å². The molecule has 0 spiro atoms. The molecular formula is C15H17FN4O2. The standard InChI is InChI=1S/C15H17FN4O2/c16-12-6-4-11(5-7-12)9-17-14(21)10-20-15(22)19-8-2-1-3-13(19)18-20/h4-7H,1-3,8-10H2,(H,17,21). The lowest BCUT2D eigenvalue weighted by molar-refractivity contribution is -0.122. The normalized spacial score (nSPS) is 13.7. The zero-order chi connectivity index (χ0) is 15.5. The number of nitrogens with zero attached hydrogens (tertiary/aromatic N) is 3. The Labute approximate surface area is 126 Å². The van der Waals surface area contributed by atoms with E-state index in [0.717, 1.165) is 30.7 Å². The summed E-state index contributed by atoms with van der Waals surface area (Å²) < 4.78 is 15.6. The van der Waals surface area contributed by atoms with Crippen molar-refractivity contribution in [3.63, 3.8) is 0 Å². The molecule has 0 aliphatic carbocycles. The van der Waals surface area contributed by atoms with Gasteiger partial charge in [0, 0.05) is 19.5 Å². The maximum absolute atomic E-state index is 12.8. The van der Waals surface area contributed by atoms with Crippen LogP contribution in [0, 0.1) is 5.82 Å². The first-order chi connectivity index (χ1) is 10.6. The minimum Gasteiger partial charge on any atom is -0.350 e. The van der Waals surface area contributed by atoms with E-state index in [2.05, 4.69) is 10.4 Å². The van der Waals surface area contributed by atoms with Gasteiger partial charge in [-0.05, 0) is 30.5 Å². The number of fused-ring (bicyclic) bond motifs is 1. The molecule has 0 bridgehead atoms. The Hall–Kier alpha value is -2.44. The number of rotatable bonds is 4. The highest BCUT2D eigenvalue weighted by molar-refractivity contribution is 5.75. The molecule has 6 nitrogen and oxygen atoms in total. The van der Waals surface area contributed by atoms with Crippen LogP contribution >= 0.6 is 0 Å². The summed E-state index contributed by atoms with van der Waals surface area (Å²) in [4.78, 5) is 24.0. The van der Waals surface area contributed by atoms with Crippen LogP contribution in [0.15, 0.2) is 29.1 Å². The minimum atomic E-state index is -0.315. The second-order valence-corrected chi connectivity index (χ2v) is 5.37. The largest absolute Gasteiger partial charge is 0.350 e. The Bertz CT molecular complexity index is 733. The fourth-order valence-corrected chi connectivity index (χ4v) is 2.55. The van der Waals surface area contributed by atoms with Gasteiger partial charge in [-0.2, -0.15) is 5.10 Å². The number of carbonyl (C=O) groups is 1. The van der Waals surface area contributed by atoms with E-state index in [1.165, 1.54) is 16.8 Å². The van der Waals surface area contributed by atoms with E-state index in [1.54, 1.807) is 16.7 Å². The topological polar surface area (TPSA) is 68.9 Å². The van der Waals surface area contributed by atoms with Crippen molar-refractivity contribution in [2.75, 3.05) is 0 Å². The lowest BCUT2D eigenvalue weighted by atomic mass is 10.2. The molecule has 1 aliphatic rings. The van der Waals surface area contributed by atoms with E-state index >= 15 is 0 Å².